The highest BCUT2D eigenvalue weighted by Crippen LogP contribution is 2.32. The van der Waals surface area contributed by atoms with Gasteiger partial charge in [0.25, 0.3) is 0 Å². The predicted molar refractivity (Wildman–Crippen MR) is 98.3 cm³/mol. The van der Waals surface area contributed by atoms with Crippen molar-refractivity contribution < 1.29 is 18.0 Å². The van der Waals surface area contributed by atoms with Crippen molar-refractivity contribution >= 4 is 5.78 Å². The summed E-state index contributed by atoms with van der Waals surface area (Å²) in [5.74, 6) is -0.251. The highest BCUT2D eigenvalue weighted by atomic mass is 19.4. The third-order valence-corrected chi connectivity index (χ3v) is 4.30. The van der Waals surface area contributed by atoms with Crippen LogP contribution in [0.5, 0.6) is 0 Å². The Morgan fingerprint density at radius 1 is 0.926 bits per heavy atom. The minimum Gasteiger partial charge on any atom is -0.299 e. The van der Waals surface area contributed by atoms with Crippen molar-refractivity contribution in [3.05, 3.63) is 89.2 Å². The molecule has 0 N–H and O–H groups in total. The van der Waals surface area contributed by atoms with Gasteiger partial charge in [0.05, 0.1) is 5.56 Å². The molecule has 3 aromatic rings. The molecule has 27 heavy (non-hydrogen) atoms. The number of carbonyl (C=O) groups is 1. The highest BCUT2D eigenvalue weighted by Gasteiger charge is 2.33. The topological polar surface area (TPSA) is 30.0 Å². The number of ketones is 1. The molecular formula is C22H18F3NO. The molecule has 138 valence electrons. The number of nitrogens with zero attached hydrogens (tertiary/aromatic N) is 1. The Morgan fingerprint density at radius 3 is 2.30 bits per heavy atom. The molecule has 0 amide bonds. The van der Waals surface area contributed by atoms with Crippen LogP contribution in [0.25, 0.3) is 11.1 Å². The van der Waals surface area contributed by atoms with Gasteiger partial charge in [0.15, 0.2) is 0 Å². The van der Waals surface area contributed by atoms with Crippen LogP contribution in [0.2, 0.25) is 0 Å². The normalized spacial score (nSPS) is 11.4. The molecule has 0 bridgehead atoms. The molecule has 0 fully saturated rings. The SMILES string of the molecule is Cc1cc(-c2ccc(CC(=O)Cc3ccccc3C(F)(F)F)cc2)ccn1. The lowest BCUT2D eigenvalue weighted by Gasteiger charge is -2.12. The largest absolute Gasteiger partial charge is 0.416 e. The number of Topliss-reactive ketones (excluding diaryl/α,β-unsaturated/α-hetero) is 1. The van der Waals surface area contributed by atoms with Gasteiger partial charge in [0.2, 0.25) is 0 Å². The lowest BCUT2D eigenvalue weighted by molar-refractivity contribution is -0.138. The van der Waals surface area contributed by atoms with Crippen molar-refractivity contribution in [1.29, 1.82) is 0 Å². The van der Waals surface area contributed by atoms with Gasteiger partial charge in [-0.1, -0.05) is 42.5 Å². The van der Waals surface area contributed by atoms with Crippen molar-refractivity contribution in [2.45, 2.75) is 25.9 Å². The van der Waals surface area contributed by atoms with E-state index in [1.807, 2.05) is 43.3 Å². The van der Waals surface area contributed by atoms with E-state index in [9.17, 15) is 18.0 Å². The Labute approximate surface area is 155 Å². The lowest BCUT2D eigenvalue weighted by Crippen LogP contribution is -2.13. The summed E-state index contributed by atoms with van der Waals surface area (Å²) >= 11 is 0. The second kappa shape index (κ2) is 7.74. The second-order valence-electron chi connectivity index (χ2n) is 6.43. The fourth-order valence-electron chi connectivity index (χ4n) is 2.99. The molecule has 2 aromatic carbocycles. The molecule has 0 spiro atoms. The van der Waals surface area contributed by atoms with Crippen molar-refractivity contribution in [2.75, 3.05) is 0 Å². The van der Waals surface area contributed by atoms with Crippen LogP contribution in [-0.2, 0) is 23.8 Å². The van der Waals surface area contributed by atoms with E-state index in [1.165, 1.54) is 18.2 Å². The Balaban J connectivity index is 1.70. The molecule has 3 rings (SSSR count). The minimum absolute atomic E-state index is 0.0129. The van der Waals surface area contributed by atoms with Crippen molar-refractivity contribution in [1.82, 2.24) is 4.98 Å². The molecule has 0 unspecified atom stereocenters. The smallest absolute Gasteiger partial charge is 0.299 e. The first-order valence-electron chi connectivity index (χ1n) is 8.52. The number of aromatic nitrogens is 1. The van der Waals surface area contributed by atoms with Crippen molar-refractivity contribution in [3.8, 4) is 11.1 Å². The molecule has 0 saturated heterocycles. The van der Waals surface area contributed by atoms with Gasteiger partial charge in [0, 0.05) is 24.7 Å². The van der Waals surface area contributed by atoms with Crippen LogP contribution in [-0.4, -0.2) is 10.8 Å². The van der Waals surface area contributed by atoms with Crippen LogP contribution in [0.3, 0.4) is 0 Å². The molecule has 1 aromatic heterocycles. The third-order valence-electron chi connectivity index (χ3n) is 4.30. The maximum Gasteiger partial charge on any atom is 0.416 e. The number of hydrogen-bond acceptors (Lipinski definition) is 2. The summed E-state index contributed by atoms with van der Waals surface area (Å²) in [6.45, 7) is 1.91. The summed E-state index contributed by atoms with van der Waals surface area (Å²) in [5.41, 5.74) is 2.98. The van der Waals surface area contributed by atoms with E-state index in [2.05, 4.69) is 4.98 Å². The number of carbonyl (C=O) groups excluding carboxylic acids is 1. The van der Waals surface area contributed by atoms with Crippen LogP contribution in [0.1, 0.15) is 22.4 Å². The highest BCUT2D eigenvalue weighted by molar-refractivity contribution is 5.83. The first-order valence-corrected chi connectivity index (χ1v) is 8.52. The molecule has 0 atom stereocenters. The van der Waals surface area contributed by atoms with Crippen molar-refractivity contribution in [3.63, 3.8) is 0 Å². The summed E-state index contributed by atoms with van der Waals surface area (Å²) in [4.78, 5) is 16.4. The Bertz CT molecular complexity index is 946. The summed E-state index contributed by atoms with van der Waals surface area (Å²) in [5, 5.41) is 0. The third kappa shape index (κ3) is 4.82. The molecule has 0 radical (unpaired) electrons. The van der Waals surface area contributed by atoms with E-state index in [1.54, 1.807) is 6.20 Å². The number of rotatable bonds is 5. The number of benzene rings is 2. The number of aryl methyl sites for hydroxylation is 1. The van der Waals surface area contributed by atoms with Gasteiger partial charge in [-0.3, -0.25) is 9.78 Å². The van der Waals surface area contributed by atoms with Gasteiger partial charge >= 0.3 is 6.18 Å². The van der Waals surface area contributed by atoms with E-state index >= 15 is 0 Å². The van der Waals surface area contributed by atoms with Crippen LogP contribution < -0.4 is 0 Å². The molecule has 0 aliphatic heterocycles. The monoisotopic (exact) mass is 369 g/mol. The van der Waals surface area contributed by atoms with Gasteiger partial charge in [-0.25, -0.2) is 0 Å². The fourth-order valence-corrected chi connectivity index (χ4v) is 2.99. The molecule has 5 heteroatoms. The zero-order valence-electron chi connectivity index (χ0n) is 14.8. The molecule has 0 aliphatic rings. The second-order valence-corrected chi connectivity index (χ2v) is 6.43. The van der Waals surface area contributed by atoms with Gasteiger partial charge < -0.3 is 0 Å². The fraction of sp³-hybridized carbons (Fsp3) is 0.182. The first-order chi connectivity index (χ1) is 12.8. The number of pyridine rings is 1. The van der Waals surface area contributed by atoms with E-state index in [4.69, 9.17) is 0 Å². The van der Waals surface area contributed by atoms with Crippen LogP contribution in [0, 0.1) is 6.92 Å². The predicted octanol–water partition coefficient (Wildman–Crippen LogP) is 5.43. The summed E-state index contributed by atoms with van der Waals surface area (Å²) in [6.07, 6.45) is -2.86. The molecule has 0 aliphatic carbocycles. The Kier molecular flexibility index (Phi) is 5.40. The zero-order chi connectivity index (χ0) is 19.4. The quantitative estimate of drug-likeness (QED) is 0.600. The van der Waals surface area contributed by atoms with Gasteiger partial charge in [-0.05, 0) is 47.4 Å². The molecular weight excluding hydrogens is 351 g/mol. The van der Waals surface area contributed by atoms with E-state index in [0.717, 1.165) is 28.5 Å². The van der Waals surface area contributed by atoms with Crippen LogP contribution in [0.4, 0.5) is 13.2 Å². The summed E-state index contributed by atoms with van der Waals surface area (Å²) in [7, 11) is 0. The zero-order valence-corrected chi connectivity index (χ0v) is 14.8. The number of halogens is 3. The van der Waals surface area contributed by atoms with Crippen LogP contribution in [0.15, 0.2) is 66.9 Å². The van der Waals surface area contributed by atoms with E-state index in [0.29, 0.717) is 0 Å². The number of alkyl halides is 3. The van der Waals surface area contributed by atoms with E-state index in [-0.39, 0.29) is 24.2 Å². The van der Waals surface area contributed by atoms with E-state index < -0.39 is 11.7 Å². The van der Waals surface area contributed by atoms with Gasteiger partial charge in [-0.2, -0.15) is 13.2 Å². The molecule has 2 nitrogen and oxygen atoms in total. The van der Waals surface area contributed by atoms with Gasteiger partial charge in [-0.15, -0.1) is 0 Å². The maximum absolute atomic E-state index is 13.0. The standard InChI is InChI=1S/C22H18F3NO/c1-15-12-18(10-11-26-15)17-8-6-16(7-9-17)13-20(27)14-19-4-2-3-5-21(19)22(23,24)25/h2-12H,13-14H2,1H3. The maximum atomic E-state index is 13.0. The average molecular weight is 369 g/mol. The summed E-state index contributed by atoms with van der Waals surface area (Å²) in [6, 6.07) is 16.6. The van der Waals surface area contributed by atoms with Gasteiger partial charge in [0.1, 0.15) is 5.78 Å². The Morgan fingerprint density at radius 2 is 1.63 bits per heavy atom. The molecule has 0 saturated carbocycles. The number of hydrogen-bond donors (Lipinski definition) is 0. The molecule has 1 heterocycles. The minimum atomic E-state index is -4.46. The lowest BCUT2D eigenvalue weighted by atomic mass is 9.97. The van der Waals surface area contributed by atoms with Crippen molar-refractivity contribution in [2.24, 2.45) is 0 Å². The van der Waals surface area contributed by atoms with Crippen LogP contribution >= 0.6 is 0 Å². The first kappa shape index (κ1) is 18.8. The summed E-state index contributed by atoms with van der Waals surface area (Å²) < 4.78 is 39.1. The Hall–Kier alpha value is -2.95. The average Bonchev–Trinajstić information content (AvgIpc) is 2.62.